The van der Waals surface area contributed by atoms with Crippen LogP contribution in [-0.4, -0.2) is 18.2 Å². The zero-order valence-electron chi connectivity index (χ0n) is 8.55. The van der Waals surface area contributed by atoms with Crippen molar-refractivity contribution in [3.8, 4) is 0 Å². The van der Waals surface area contributed by atoms with E-state index < -0.39 is 9.05 Å². The van der Waals surface area contributed by atoms with Crippen LogP contribution in [0.4, 0.5) is 0 Å². The summed E-state index contributed by atoms with van der Waals surface area (Å²) in [5.41, 5.74) is 1.01. The smallest absolute Gasteiger partial charge is 0.264 e. The predicted octanol–water partition coefficient (Wildman–Crippen LogP) is 2.62. The monoisotopic (exact) mass is 334 g/mol. The van der Waals surface area contributed by atoms with Gasteiger partial charge in [-0.25, -0.2) is 8.42 Å². The maximum atomic E-state index is 11.1. The molecule has 0 saturated heterocycles. The van der Waals surface area contributed by atoms with Gasteiger partial charge in [-0.1, -0.05) is 28.1 Å². The average Bonchev–Trinajstić information content (AvgIpc) is 2.65. The van der Waals surface area contributed by atoms with Crippen molar-refractivity contribution in [3.05, 3.63) is 46.7 Å². The Kier molecular flexibility index (Phi) is 3.56. The van der Waals surface area contributed by atoms with Gasteiger partial charge in [-0.2, -0.15) is 5.10 Å². The normalized spacial score (nSPS) is 11.6. The standard InChI is InChI=1S/C10H8BrClN2O2S/c11-9-3-1-2-8(4-9)6-14-7-10(5-13-14)17(12,15)16/h1-5,7H,6H2. The molecule has 2 aromatic rings. The van der Waals surface area contributed by atoms with Gasteiger partial charge in [0, 0.05) is 21.4 Å². The molecule has 0 amide bonds. The Bertz CT molecular complexity index is 639. The molecule has 7 heteroatoms. The van der Waals surface area contributed by atoms with Gasteiger partial charge in [-0.05, 0) is 17.7 Å². The van der Waals surface area contributed by atoms with Crippen LogP contribution in [0.1, 0.15) is 5.56 Å². The van der Waals surface area contributed by atoms with Crippen LogP contribution in [0, 0.1) is 0 Å². The highest BCUT2D eigenvalue weighted by Gasteiger charge is 2.12. The van der Waals surface area contributed by atoms with E-state index in [1.54, 1.807) is 0 Å². The zero-order chi connectivity index (χ0) is 12.5. The second kappa shape index (κ2) is 4.80. The van der Waals surface area contributed by atoms with Gasteiger partial charge in [0.25, 0.3) is 9.05 Å². The fourth-order valence-corrected chi connectivity index (χ4v) is 2.49. The number of hydrogen-bond acceptors (Lipinski definition) is 3. The van der Waals surface area contributed by atoms with E-state index in [2.05, 4.69) is 21.0 Å². The van der Waals surface area contributed by atoms with Crippen LogP contribution in [-0.2, 0) is 15.6 Å². The van der Waals surface area contributed by atoms with E-state index in [-0.39, 0.29) is 4.90 Å². The van der Waals surface area contributed by atoms with Crippen LogP contribution in [0.5, 0.6) is 0 Å². The largest absolute Gasteiger partial charge is 0.267 e. The number of hydrogen-bond donors (Lipinski definition) is 0. The Morgan fingerprint density at radius 2 is 2.18 bits per heavy atom. The van der Waals surface area contributed by atoms with Gasteiger partial charge in [0.2, 0.25) is 0 Å². The average molecular weight is 336 g/mol. The molecule has 0 aliphatic heterocycles. The summed E-state index contributed by atoms with van der Waals surface area (Å²) in [6.45, 7) is 0.492. The molecular formula is C10H8BrClN2O2S. The minimum Gasteiger partial charge on any atom is -0.267 e. The quantitative estimate of drug-likeness (QED) is 0.810. The summed E-state index contributed by atoms with van der Waals surface area (Å²) in [6.07, 6.45) is 2.64. The third kappa shape index (κ3) is 3.31. The Balaban J connectivity index is 2.23. The van der Waals surface area contributed by atoms with E-state index in [4.69, 9.17) is 10.7 Å². The molecule has 0 aliphatic carbocycles. The fraction of sp³-hybridized carbons (Fsp3) is 0.100. The summed E-state index contributed by atoms with van der Waals surface area (Å²) in [7, 11) is 1.51. The minimum absolute atomic E-state index is 0.00848. The molecule has 2 rings (SSSR count). The molecule has 0 radical (unpaired) electrons. The molecule has 0 aliphatic rings. The minimum atomic E-state index is -3.70. The Morgan fingerprint density at radius 1 is 1.41 bits per heavy atom. The van der Waals surface area contributed by atoms with Gasteiger partial charge >= 0.3 is 0 Å². The van der Waals surface area contributed by atoms with Crippen LogP contribution in [0.15, 0.2) is 46.0 Å². The highest BCUT2D eigenvalue weighted by molar-refractivity contribution is 9.10. The Hall–Kier alpha value is -0.850. The van der Waals surface area contributed by atoms with Gasteiger partial charge in [0.05, 0.1) is 12.7 Å². The molecule has 0 spiro atoms. The van der Waals surface area contributed by atoms with E-state index in [0.717, 1.165) is 10.0 Å². The molecule has 0 unspecified atom stereocenters. The highest BCUT2D eigenvalue weighted by atomic mass is 79.9. The Morgan fingerprint density at radius 3 is 2.76 bits per heavy atom. The zero-order valence-corrected chi connectivity index (χ0v) is 11.7. The van der Waals surface area contributed by atoms with Crippen molar-refractivity contribution in [2.75, 3.05) is 0 Å². The third-order valence-corrected chi connectivity index (χ3v) is 3.93. The maximum Gasteiger partial charge on any atom is 0.264 e. The number of aromatic nitrogens is 2. The van der Waals surface area contributed by atoms with Gasteiger partial charge in [-0.15, -0.1) is 0 Å². The summed E-state index contributed by atoms with van der Waals surface area (Å²) in [5.74, 6) is 0. The molecule has 1 aromatic carbocycles. The van der Waals surface area contributed by atoms with E-state index in [1.807, 2.05) is 24.3 Å². The Labute approximate surface area is 112 Å². The van der Waals surface area contributed by atoms with Crippen molar-refractivity contribution in [1.82, 2.24) is 9.78 Å². The third-order valence-electron chi connectivity index (χ3n) is 2.12. The van der Waals surface area contributed by atoms with Crippen molar-refractivity contribution in [2.24, 2.45) is 0 Å². The van der Waals surface area contributed by atoms with Crippen molar-refractivity contribution < 1.29 is 8.42 Å². The summed E-state index contributed by atoms with van der Waals surface area (Å²) in [5, 5.41) is 3.95. The van der Waals surface area contributed by atoms with Crippen LogP contribution in [0.3, 0.4) is 0 Å². The van der Waals surface area contributed by atoms with Crippen LogP contribution >= 0.6 is 26.6 Å². The van der Waals surface area contributed by atoms with Crippen LogP contribution in [0.25, 0.3) is 0 Å². The van der Waals surface area contributed by atoms with Crippen molar-refractivity contribution in [3.63, 3.8) is 0 Å². The molecule has 1 heterocycles. The van der Waals surface area contributed by atoms with E-state index >= 15 is 0 Å². The highest BCUT2D eigenvalue weighted by Crippen LogP contribution is 2.15. The van der Waals surface area contributed by atoms with Gasteiger partial charge in [0.15, 0.2) is 0 Å². The van der Waals surface area contributed by atoms with Gasteiger partial charge in [-0.3, -0.25) is 4.68 Å². The molecule has 90 valence electrons. The first kappa shape index (κ1) is 12.6. The first-order valence-electron chi connectivity index (χ1n) is 4.67. The van der Waals surface area contributed by atoms with E-state index in [0.29, 0.717) is 6.54 Å². The van der Waals surface area contributed by atoms with Crippen molar-refractivity contribution >= 4 is 35.7 Å². The lowest BCUT2D eigenvalue weighted by Gasteiger charge is -2.01. The second-order valence-electron chi connectivity index (χ2n) is 3.44. The van der Waals surface area contributed by atoms with Crippen LogP contribution in [0.2, 0.25) is 0 Å². The molecule has 1 aromatic heterocycles. The molecular weight excluding hydrogens is 328 g/mol. The lowest BCUT2D eigenvalue weighted by molar-refractivity contribution is 0.609. The van der Waals surface area contributed by atoms with E-state index in [1.165, 1.54) is 17.1 Å². The molecule has 0 bridgehead atoms. The van der Waals surface area contributed by atoms with Gasteiger partial charge in [0.1, 0.15) is 4.90 Å². The lowest BCUT2D eigenvalue weighted by Crippen LogP contribution is -1.99. The number of nitrogens with zero attached hydrogens (tertiary/aromatic N) is 2. The number of halogens is 2. The second-order valence-corrected chi connectivity index (χ2v) is 6.92. The fourth-order valence-electron chi connectivity index (χ4n) is 1.38. The van der Waals surface area contributed by atoms with Crippen LogP contribution < -0.4 is 0 Å². The number of benzene rings is 1. The summed E-state index contributed by atoms with van der Waals surface area (Å²) in [4.78, 5) is 0.00848. The first-order valence-corrected chi connectivity index (χ1v) is 7.77. The SMILES string of the molecule is O=S(=O)(Cl)c1cnn(Cc2cccc(Br)c2)c1. The first-order chi connectivity index (χ1) is 7.95. The summed E-state index contributed by atoms with van der Waals surface area (Å²) in [6, 6.07) is 7.70. The predicted molar refractivity (Wildman–Crippen MR) is 68.5 cm³/mol. The molecule has 0 N–H and O–H groups in total. The van der Waals surface area contributed by atoms with Gasteiger partial charge < -0.3 is 0 Å². The maximum absolute atomic E-state index is 11.1. The summed E-state index contributed by atoms with van der Waals surface area (Å²) >= 11 is 3.37. The van der Waals surface area contributed by atoms with Crippen molar-refractivity contribution in [1.29, 1.82) is 0 Å². The molecule has 4 nitrogen and oxygen atoms in total. The molecule has 0 fully saturated rings. The summed E-state index contributed by atoms with van der Waals surface area (Å²) < 4.78 is 24.6. The topological polar surface area (TPSA) is 52.0 Å². The van der Waals surface area contributed by atoms with Crippen molar-refractivity contribution in [2.45, 2.75) is 11.4 Å². The molecule has 17 heavy (non-hydrogen) atoms. The van der Waals surface area contributed by atoms with E-state index in [9.17, 15) is 8.42 Å². The molecule has 0 saturated carbocycles. The number of rotatable bonds is 3. The lowest BCUT2D eigenvalue weighted by atomic mass is 10.2. The molecule has 0 atom stereocenters.